The number of carboxylic acid groups (broad SMARTS) is 2. The molecule has 0 unspecified atom stereocenters. The van der Waals surface area contributed by atoms with Crippen molar-refractivity contribution in [3.05, 3.63) is 90.1 Å². The lowest BCUT2D eigenvalue weighted by Gasteiger charge is -2.16. The molecule has 6 N–H and O–H groups in total. The van der Waals surface area contributed by atoms with E-state index in [0.717, 1.165) is 16.5 Å². The summed E-state index contributed by atoms with van der Waals surface area (Å²) in [6.07, 6.45) is 1.03. The number of fused-ring (bicyclic) bond motifs is 1. The second-order valence-corrected chi connectivity index (χ2v) is 9.82. The second-order valence-electron chi connectivity index (χ2n) is 9.82. The number of para-hydroxylation sites is 1. The van der Waals surface area contributed by atoms with Crippen LogP contribution in [0.2, 0.25) is 0 Å². The standard InChI is InChI=1S/C28H26N8O5.C2HF3O2/c1-41-32-14-19-13-30-25(33-19)24-26(35-27(38)17-7-3-2-4-8-17)36(16-31-24)15-23(37)34-22(28(39)40)11-18-12-29-21-10-6-5-9-20(18)21;3-2(4,5)1(6)7/h2-10,12-14,16,22,29H,11,15H2,1H3,(H,30,33)(H,34,37)(H,35,38)(H,39,40);(H,6,7)/b32-14-;/t22-;/m0./s1. The molecule has 0 bridgehead atoms. The van der Waals surface area contributed by atoms with Crippen LogP contribution in [-0.2, 0) is 32.2 Å². The van der Waals surface area contributed by atoms with Crippen molar-refractivity contribution in [2.24, 2.45) is 5.16 Å². The predicted octanol–water partition coefficient (Wildman–Crippen LogP) is 3.43. The molecule has 5 aromatic rings. The number of hydrogen-bond donors (Lipinski definition) is 6. The molecule has 48 heavy (non-hydrogen) atoms. The van der Waals surface area contributed by atoms with Crippen LogP contribution in [0, 0.1) is 0 Å². The Bertz CT molecular complexity index is 1930. The minimum atomic E-state index is -5.08. The largest absolute Gasteiger partial charge is 0.490 e. The van der Waals surface area contributed by atoms with Gasteiger partial charge in [0.2, 0.25) is 5.91 Å². The molecule has 0 spiro atoms. The van der Waals surface area contributed by atoms with E-state index in [2.05, 4.69) is 35.7 Å². The average molecular weight is 669 g/mol. The van der Waals surface area contributed by atoms with Crippen molar-refractivity contribution in [2.75, 3.05) is 12.4 Å². The fraction of sp³-hybridized carbons (Fsp3) is 0.167. The Hall–Kier alpha value is -6.46. The van der Waals surface area contributed by atoms with Gasteiger partial charge in [-0.1, -0.05) is 41.6 Å². The van der Waals surface area contributed by atoms with Crippen LogP contribution >= 0.6 is 0 Å². The van der Waals surface area contributed by atoms with Crippen molar-refractivity contribution >= 4 is 46.7 Å². The number of nitrogens with one attached hydrogen (secondary N) is 4. The van der Waals surface area contributed by atoms with Gasteiger partial charge in [0.25, 0.3) is 5.91 Å². The monoisotopic (exact) mass is 668 g/mol. The molecule has 15 nitrogen and oxygen atoms in total. The third kappa shape index (κ3) is 8.83. The number of benzene rings is 2. The maximum Gasteiger partial charge on any atom is 0.490 e. The van der Waals surface area contributed by atoms with Gasteiger partial charge in [0.05, 0.1) is 24.4 Å². The van der Waals surface area contributed by atoms with Crippen LogP contribution < -0.4 is 10.6 Å². The number of anilines is 1. The first-order valence-corrected chi connectivity index (χ1v) is 13.8. The summed E-state index contributed by atoms with van der Waals surface area (Å²) in [7, 11) is 1.41. The van der Waals surface area contributed by atoms with Crippen molar-refractivity contribution < 1.29 is 47.4 Å². The molecule has 0 fully saturated rings. The Kier molecular flexibility index (Phi) is 10.9. The van der Waals surface area contributed by atoms with E-state index >= 15 is 0 Å². The molecule has 0 saturated heterocycles. The number of oxime groups is 1. The number of imidazole rings is 2. The van der Waals surface area contributed by atoms with Gasteiger partial charge < -0.3 is 40.2 Å². The number of aromatic amines is 2. The molecule has 5 rings (SSSR count). The van der Waals surface area contributed by atoms with E-state index in [0.29, 0.717) is 17.1 Å². The van der Waals surface area contributed by atoms with E-state index in [1.807, 2.05) is 24.3 Å². The lowest BCUT2D eigenvalue weighted by molar-refractivity contribution is -0.192. The van der Waals surface area contributed by atoms with Gasteiger partial charge in [0.1, 0.15) is 31.2 Å². The first-order chi connectivity index (χ1) is 22.9. The van der Waals surface area contributed by atoms with Crippen molar-refractivity contribution in [2.45, 2.75) is 25.2 Å². The van der Waals surface area contributed by atoms with Crippen LogP contribution in [0.5, 0.6) is 0 Å². The number of hydrogen-bond acceptors (Lipinski definition) is 8. The average Bonchev–Trinajstić information content (AvgIpc) is 3.79. The molecule has 1 atom stereocenters. The number of carbonyl (C=O) groups is 4. The summed E-state index contributed by atoms with van der Waals surface area (Å²) in [4.78, 5) is 66.6. The van der Waals surface area contributed by atoms with Crippen LogP contribution in [0.3, 0.4) is 0 Å². The second kappa shape index (κ2) is 15.2. The van der Waals surface area contributed by atoms with E-state index in [1.54, 1.807) is 36.5 Å². The first-order valence-electron chi connectivity index (χ1n) is 13.8. The number of aliphatic carboxylic acids is 2. The minimum Gasteiger partial charge on any atom is -0.480 e. The summed E-state index contributed by atoms with van der Waals surface area (Å²) in [6.45, 7) is -0.312. The Morgan fingerprint density at radius 1 is 1.06 bits per heavy atom. The van der Waals surface area contributed by atoms with E-state index in [4.69, 9.17) is 14.7 Å². The number of rotatable bonds is 11. The highest BCUT2D eigenvalue weighted by molar-refractivity contribution is 6.05. The molecule has 0 aliphatic rings. The summed E-state index contributed by atoms with van der Waals surface area (Å²) in [6, 6.07) is 14.9. The van der Waals surface area contributed by atoms with E-state index < -0.39 is 36.0 Å². The Morgan fingerprint density at radius 2 is 1.75 bits per heavy atom. The lowest BCUT2D eigenvalue weighted by Crippen LogP contribution is -2.43. The molecule has 3 heterocycles. The maximum absolute atomic E-state index is 13.1. The van der Waals surface area contributed by atoms with Gasteiger partial charge in [0, 0.05) is 29.1 Å². The number of carboxylic acids is 2. The molecule has 250 valence electrons. The van der Waals surface area contributed by atoms with Crippen molar-refractivity contribution in [1.29, 1.82) is 0 Å². The Morgan fingerprint density at radius 3 is 2.42 bits per heavy atom. The number of halogens is 3. The SMILES string of the molecule is CO/N=C\c1cnc(-c2ncn(CC(=O)N[C@@H](Cc3c[nH]c4ccccc34)C(=O)O)c2NC(=O)c2ccccc2)[nH]1.O=C(O)C(F)(F)F. The van der Waals surface area contributed by atoms with Crippen molar-refractivity contribution in [3.8, 4) is 11.5 Å². The molecule has 2 amide bonds. The van der Waals surface area contributed by atoms with Gasteiger partial charge in [0.15, 0.2) is 5.82 Å². The molecule has 0 aliphatic carbocycles. The van der Waals surface area contributed by atoms with Gasteiger partial charge in [-0.3, -0.25) is 9.59 Å². The van der Waals surface area contributed by atoms with E-state index in [9.17, 15) is 32.7 Å². The maximum atomic E-state index is 13.1. The number of nitrogens with zero attached hydrogens (tertiary/aromatic N) is 4. The zero-order valence-corrected chi connectivity index (χ0v) is 24.9. The highest BCUT2D eigenvalue weighted by atomic mass is 19.4. The summed E-state index contributed by atoms with van der Waals surface area (Å²) in [5, 5.41) is 26.9. The predicted molar refractivity (Wildman–Crippen MR) is 164 cm³/mol. The molecule has 3 aromatic heterocycles. The quantitative estimate of drug-likeness (QED) is 0.0896. The summed E-state index contributed by atoms with van der Waals surface area (Å²) in [5.74, 6) is -4.43. The molecular weight excluding hydrogens is 641 g/mol. The minimum absolute atomic E-state index is 0.0794. The summed E-state index contributed by atoms with van der Waals surface area (Å²) >= 11 is 0. The van der Waals surface area contributed by atoms with Gasteiger partial charge in [-0.25, -0.2) is 19.6 Å². The molecule has 18 heteroatoms. The van der Waals surface area contributed by atoms with Crippen LogP contribution in [0.25, 0.3) is 22.4 Å². The lowest BCUT2D eigenvalue weighted by atomic mass is 10.0. The summed E-state index contributed by atoms with van der Waals surface area (Å²) in [5.41, 5.74) is 2.83. The number of carbonyl (C=O) groups excluding carboxylic acids is 2. The molecular formula is C30H27F3N8O7. The molecule has 0 radical (unpaired) electrons. The third-order valence-corrected chi connectivity index (χ3v) is 6.51. The first kappa shape index (κ1) is 34.4. The Labute approximate surface area is 268 Å². The number of alkyl halides is 3. The van der Waals surface area contributed by atoms with Crippen molar-refractivity contribution in [3.63, 3.8) is 0 Å². The van der Waals surface area contributed by atoms with Crippen LogP contribution in [0.15, 0.2) is 78.5 Å². The zero-order valence-electron chi connectivity index (χ0n) is 24.9. The van der Waals surface area contributed by atoms with Gasteiger partial charge in [-0.05, 0) is 23.8 Å². The van der Waals surface area contributed by atoms with Crippen LogP contribution in [0.4, 0.5) is 19.0 Å². The molecule has 2 aromatic carbocycles. The fourth-order valence-electron chi connectivity index (χ4n) is 4.32. The van der Waals surface area contributed by atoms with Crippen molar-refractivity contribution in [1.82, 2.24) is 29.8 Å². The highest BCUT2D eigenvalue weighted by Crippen LogP contribution is 2.25. The van der Waals surface area contributed by atoms with Crippen LogP contribution in [-0.4, -0.2) is 84.0 Å². The van der Waals surface area contributed by atoms with Crippen LogP contribution in [0.1, 0.15) is 21.6 Å². The third-order valence-electron chi connectivity index (χ3n) is 6.51. The van der Waals surface area contributed by atoms with Gasteiger partial charge in [-0.15, -0.1) is 0 Å². The Balaban J connectivity index is 0.000000671. The van der Waals surface area contributed by atoms with Gasteiger partial charge in [-0.2, -0.15) is 13.2 Å². The molecule has 0 aliphatic heterocycles. The summed E-state index contributed by atoms with van der Waals surface area (Å²) < 4.78 is 33.2. The number of amides is 2. The van der Waals surface area contributed by atoms with E-state index in [-0.39, 0.29) is 24.5 Å². The number of aromatic nitrogens is 5. The fourth-order valence-corrected chi connectivity index (χ4v) is 4.32. The highest BCUT2D eigenvalue weighted by Gasteiger charge is 2.38. The number of H-pyrrole nitrogens is 2. The van der Waals surface area contributed by atoms with E-state index in [1.165, 1.54) is 30.4 Å². The topological polar surface area (TPSA) is 217 Å². The van der Waals surface area contributed by atoms with Gasteiger partial charge >= 0.3 is 18.1 Å². The smallest absolute Gasteiger partial charge is 0.480 e. The molecule has 0 saturated carbocycles. The normalized spacial score (nSPS) is 11.8. The zero-order chi connectivity index (χ0) is 34.8.